The van der Waals surface area contributed by atoms with Gasteiger partial charge in [-0.2, -0.15) is 0 Å². The average Bonchev–Trinajstić information content (AvgIpc) is 2.30. The first-order valence-corrected chi connectivity index (χ1v) is 6.81. The number of amidine groups is 1. The van der Waals surface area contributed by atoms with Crippen molar-refractivity contribution in [2.24, 2.45) is 4.99 Å². The molecule has 0 spiro atoms. The molecule has 0 saturated carbocycles. The minimum atomic E-state index is 0.580. The van der Waals surface area contributed by atoms with Crippen LogP contribution in [0, 0.1) is 0 Å². The summed E-state index contributed by atoms with van der Waals surface area (Å²) in [4.78, 5) is 4.60. The van der Waals surface area contributed by atoms with Crippen LogP contribution in [-0.2, 0) is 6.42 Å². The molecule has 0 radical (unpaired) electrons. The van der Waals surface area contributed by atoms with Gasteiger partial charge in [0, 0.05) is 18.3 Å². The third kappa shape index (κ3) is 3.56. The first-order valence-electron chi connectivity index (χ1n) is 5.82. The molecule has 16 heavy (non-hydrogen) atoms. The number of rotatable bonds is 3. The number of nitrogens with zero attached hydrogens (tertiary/aromatic N) is 1. The summed E-state index contributed by atoms with van der Waals surface area (Å²) in [6, 6.07) is 11.1. The number of hydrogen-bond acceptors (Lipinski definition) is 2. The van der Waals surface area contributed by atoms with Crippen molar-refractivity contribution in [2.45, 2.75) is 25.8 Å². The summed E-state index contributed by atoms with van der Waals surface area (Å²) < 4.78 is 0. The number of benzene rings is 1. The van der Waals surface area contributed by atoms with E-state index in [1.165, 1.54) is 17.7 Å². The van der Waals surface area contributed by atoms with Crippen LogP contribution in [0.4, 0.5) is 0 Å². The maximum atomic E-state index is 4.60. The minimum absolute atomic E-state index is 0.580. The van der Waals surface area contributed by atoms with Gasteiger partial charge in [0.25, 0.3) is 0 Å². The van der Waals surface area contributed by atoms with Gasteiger partial charge in [0.05, 0.1) is 0 Å². The predicted molar refractivity (Wildman–Crippen MR) is 72.1 cm³/mol. The normalized spacial score (nSPS) is 23.1. The Labute approximate surface area is 102 Å². The zero-order chi connectivity index (χ0) is 11.2. The van der Waals surface area contributed by atoms with E-state index < -0.39 is 0 Å². The van der Waals surface area contributed by atoms with Crippen LogP contribution in [0.1, 0.15) is 18.9 Å². The second-order valence-corrected chi connectivity index (χ2v) is 5.19. The van der Waals surface area contributed by atoms with Gasteiger partial charge in [-0.15, -0.1) is 0 Å². The third-order valence-corrected chi connectivity index (χ3v) is 3.62. The second kappa shape index (κ2) is 5.94. The van der Waals surface area contributed by atoms with Crippen LogP contribution in [0.2, 0.25) is 0 Å². The summed E-state index contributed by atoms with van der Waals surface area (Å²) in [5, 5.41) is 4.54. The Morgan fingerprint density at radius 3 is 2.94 bits per heavy atom. The van der Waals surface area contributed by atoms with Gasteiger partial charge in [-0.05, 0) is 25.3 Å². The highest BCUT2D eigenvalue weighted by Gasteiger charge is 2.12. The molecule has 1 fully saturated rings. The van der Waals surface area contributed by atoms with E-state index in [2.05, 4.69) is 47.6 Å². The van der Waals surface area contributed by atoms with Gasteiger partial charge in [0.15, 0.2) is 5.17 Å². The van der Waals surface area contributed by atoms with E-state index in [0.717, 1.165) is 18.1 Å². The molecule has 0 aliphatic carbocycles. The van der Waals surface area contributed by atoms with Gasteiger partial charge in [0.2, 0.25) is 0 Å². The summed E-state index contributed by atoms with van der Waals surface area (Å²) >= 11 is 1.84. The lowest BCUT2D eigenvalue weighted by molar-refractivity contribution is 0.642. The predicted octanol–water partition coefficient (Wildman–Crippen LogP) is 2.70. The quantitative estimate of drug-likeness (QED) is 0.869. The zero-order valence-corrected chi connectivity index (χ0v) is 10.5. The van der Waals surface area contributed by atoms with E-state index in [1.807, 2.05) is 11.8 Å². The number of hydrogen-bond donors (Lipinski definition) is 1. The molecule has 1 saturated heterocycles. The smallest absolute Gasteiger partial charge is 0.156 e. The van der Waals surface area contributed by atoms with Crippen molar-refractivity contribution in [3.8, 4) is 0 Å². The van der Waals surface area contributed by atoms with E-state index in [9.17, 15) is 0 Å². The van der Waals surface area contributed by atoms with Crippen molar-refractivity contribution in [1.82, 2.24) is 5.32 Å². The molecular weight excluding hydrogens is 216 g/mol. The van der Waals surface area contributed by atoms with Crippen LogP contribution < -0.4 is 5.32 Å². The topological polar surface area (TPSA) is 24.4 Å². The summed E-state index contributed by atoms with van der Waals surface area (Å²) in [6.45, 7) is 3.10. The fourth-order valence-corrected chi connectivity index (χ4v) is 2.81. The molecule has 2 rings (SSSR count). The molecule has 3 heteroatoms. The maximum absolute atomic E-state index is 4.60. The molecule has 86 valence electrons. The van der Waals surface area contributed by atoms with Crippen LogP contribution in [0.3, 0.4) is 0 Å². The fourth-order valence-electron chi connectivity index (χ4n) is 1.68. The molecular formula is C13H18N2S. The molecule has 1 unspecified atom stereocenters. The van der Waals surface area contributed by atoms with Gasteiger partial charge >= 0.3 is 0 Å². The van der Waals surface area contributed by atoms with Crippen molar-refractivity contribution in [3.05, 3.63) is 35.9 Å². The first-order chi connectivity index (χ1) is 7.84. The lowest BCUT2D eigenvalue weighted by Crippen LogP contribution is -2.35. The monoisotopic (exact) mass is 234 g/mol. The van der Waals surface area contributed by atoms with Gasteiger partial charge in [-0.25, -0.2) is 0 Å². The summed E-state index contributed by atoms with van der Waals surface area (Å²) in [6.07, 6.45) is 2.27. The molecule has 1 aromatic rings. The van der Waals surface area contributed by atoms with Crippen molar-refractivity contribution >= 4 is 16.9 Å². The first kappa shape index (κ1) is 11.5. The minimum Gasteiger partial charge on any atom is -0.362 e. The largest absolute Gasteiger partial charge is 0.362 e. The maximum Gasteiger partial charge on any atom is 0.156 e. The SMILES string of the molecule is CC1CCSC(=NCCc2ccccc2)N1. The lowest BCUT2D eigenvalue weighted by Gasteiger charge is -2.21. The number of aliphatic imine (C=N–C) groups is 1. The standard InChI is InChI=1S/C13H18N2S/c1-11-8-10-16-13(15-11)14-9-7-12-5-3-2-4-6-12/h2-6,11H,7-10H2,1H3,(H,14,15). The Bertz CT molecular complexity index is 348. The molecule has 0 aromatic heterocycles. The molecule has 0 amide bonds. The van der Waals surface area contributed by atoms with Gasteiger partial charge in [0.1, 0.15) is 0 Å². The van der Waals surface area contributed by atoms with Gasteiger partial charge < -0.3 is 5.32 Å². The Balaban J connectivity index is 1.80. The number of thioether (sulfide) groups is 1. The molecule has 0 bridgehead atoms. The Hall–Kier alpha value is -0.960. The highest BCUT2D eigenvalue weighted by Crippen LogP contribution is 2.13. The van der Waals surface area contributed by atoms with Crippen LogP contribution in [0.15, 0.2) is 35.3 Å². The zero-order valence-electron chi connectivity index (χ0n) is 9.65. The summed E-state index contributed by atoms with van der Waals surface area (Å²) in [5.41, 5.74) is 1.36. The Morgan fingerprint density at radius 1 is 1.38 bits per heavy atom. The van der Waals surface area contributed by atoms with Crippen molar-refractivity contribution < 1.29 is 0 Å². The molecule has 1 atom stereocenters. The van der Waals surface area contributed by atoms with Crippen molar-refractivity contribution in [2.75, 3.05) is 12.3 Å². The molecule has 2 nitrogen and oxygen atoms in total. The van der Waals surface area contributed by atoms with E-state index in [-0.39, 0.29) is 0 Å². The van der Waals surface area contributed by atoms with Gasteiger partial charge in [-0.3, -0.25) is 4.99 Å². The van der Waals surface area contributed by atoms with Crippen molar-refractivity contribution in [3.63, 3.8) is 0 Å². The molecule has 1 aliphatic heterocycles. The Kier molecular flexibility index (Phi) is 4.28. The molecule has 1 N–H and O–H groups in total. The number of nitrogens with one attached hydrogen (secondary N) is 1. The summed E-state index contributed by atoms with van der Waals surface area (Å²) in [7, 11) is 0. The van der Waals surface area contributed by atoms with E-state index in [4.69, 9.17) is 0 Å². The van der Waals surface area contributed by atoms with Gasteiger partial charge in [-0.1, -0.05) is 42.1 Å². The third-order valence-electron chi connectivity index (χ3n) is 2.66. The lowest BCUT2D eigenvalue weighted by atomic mass is 10.2. The van der Waals surface area contributed by atoms with E-state index >= 15 is 0 Å². The molecule has 1 heterocycles. The molecule has 1 aliphatic rings. The van der Waals surface area contributed by atoms with Crippen LogP contribution in [0.25, 0.3) is 0 Å². The van der Waals surface area contributed by atoms with Crippen LogP contribution >= 0.6 is 11.8 Å². The highest BCUT2D eigenvalue weighted by molar-refractivity contribution is 8.13. The second-order valence-electron chi connectivity index (χ2n) is 4.10. The summed E-state index contributed by atoms with van der Waals surface area (Å²) in [5.74, 6) is 1.19. The van der Waals surface area contributed by atoms with E-state index in [0.29, 0.717) is 6.04 Å². The van der Waals surface area contributed by atoms with Crippen LogP contribution in [-0.4, -0.2) is 23.5 Å². The average molecular weight is 234 g/mol. The van der Waals surface area contributed by atoms with Crippen LogP contribution in [0.5, 0.6) is 0 Å². The van der Waals surface area contributed by atoms with Crippen molar-refractivity contribution in [1.29, 1.82) is 0 Å². The van der Waals surface area contributed by atoms with E-state index in [1.54, 1.807) is 0 Å². The highest BCUT2D eigenvalue weighted by atomic mass is 32.2. The fraction of sp³-hybridized carbons (Fsp3) is 0.462. The Morgan fingerprint density at radius 2 is 2.19 bits per heavy atom. The molecule has 1 aromatic carbocycles.